The second-order valence-electron chi connectivity index (χ2n) is 8.12. The molecule has 32 heavy (non-hydrogen) atoms. The lowest BCUT2D eigenvalue weighted by Crippen LogP contribution is -2.57. The minimum atomic E-state index is -1.52. The number of aliphatic hydroxyl groups is 1. The summed E-state index contributed by atoms with van der Waals surface area (Å²) in [5.41, 5.74) is 7.62. The Bertz CT molecular complexity index is 889. The van der Waals surface area contributed by atoms with Gasteiger partial charge >= 0.3 is 5.97 Å². The van der Waals surface area contributed by atoms with Crippen LogP contribution < -0.4 is 16.4 Å². The number of carboxylic acids is 1. The zero-order valence-electron chi connectivity index (χ0n) is 18.3. The Hall–Kier alpha value is -3.23. The number of benzene rings is 2. The molecule has 2 amide bonds. The van der Waals surface area contributed by atoms with Crippen molar-refractivity contribution in [1.29, 1.82) is 0 Å². The van der Waals surface area contributed by atoms with Gasteiger partial charge in [-0.25, -0.2) is 4.79 Å². The molecule has 0 bridgehead atoms. The van der Waals surface area contributed by atoms with Crippen molar-refractivity contribution in [2.75, 3.05) is 0 Å². The minimum Gasteiger partial charge on any atom is -0.480 e. The lowest BCUT2D eigenvalue weighted by molar-refractivity contribution is -0.142. The van der Waals surface area contributed by atoms with Crippen LogP contribution in [-0.2, 0) is 27.2 Å². The second kappa shape index (κ2) is 12.0. The van der Waals surface area contributed by atoms with Crippen molar-refractivity contribution in [2.24, 2.45) is 11.7 Å². The molecule has 0 saturated heterocycles. The molecule has 0 aromatic heterocycles. The number of nitrogens with two attached hydrogens (primary N) is 1. The van der Waals surface area contributed by atoms with Crippen molar-refractivity contribution in [1.82, 2.24) is 10.6 Å². The highest BCUT2D eigenvalue weighted by Crippen LogP contribution is 2.09. The van der Waals surface area contributed by atoms with Gasteiger partial charge in [-0.1, -0.05) is 74.5 Å². The van der Waals surface area contributed by atoms with Crippen molar-refractivity contribution in [3.05, 3.63) is 71.8 Å². The van der Waals surface area contributed by atoms with Gasteiger partial charge in [0.1, 0.15) is 18.2 Å². The van der Waals surface area contributed by atoms with E-state index in [1.807, 2.05) is 36.4 Å². The first-order valence-corrected chi connectivity index (χ1v) is 10.5. The number of rotatable bonds is 11. The predicted octanol–water partition coefficient (Wildman–Crippen LogP) is 0.870. The van der Waals surface area contributed by atoms with E-state index in [-0.39, 0.29) is 18.8 Å². The second-order valence-corrected chi connectivity index (χ2v) is 8.12. The fourth-order valence-corrected chi connectivity index (χ4v) is 3.28. The van der Waals surface area contributed by atoms with Gasteiger partial charge in [-0.3, -0.25) is 9.59 Å². The Balaban J connectivity index is 2.01. The maximum atomic E-state index is 12.8. The van der Waals surface area contributed by atoms with E-state index in [1.165, 1.54) is 0 Å². The highest BCUT2D eigenvalue weighted by atomic mass is 16.4. The maximum Gasteiger partial charge on any atom is 0.326 e. The normalized spacial score (nSPS) is 14.8. The van der Waals surface area contributed by atoms with E-state index in [1.54, 1.807) is 38.1 Å². The van der Waals surface area contributed by atoms with Crippen LogP contribution in [0.5, 0.6) is 0 Å². The van der Waals surface area contributed by atoms with Crippen LogP contribution in [0, 0.1) is 5.92 Å². The number of carbonyl (C=O) groups excluding carboxylic acids is 2. The summed E-state index contributed by atoms with van der Waals surface area (Å²) >= 11 is 0. The standard InChI is InChI=1S/C24H31N3O5/c1-15(2)20(22(29)26-19(24(31)32)14-17-11-7-4-8-12-17)27-23(30)21(28)18(25)13-16-9-5-3-6-10-16/h3-12,15,18-21,28H,13-14,25H2,1-2H3,(H,26,29)(H,27,30)(H,31,32)/t18?,19-,20-,21?/m0/s1. The maximum absolute atomic E-state index is 12.8. The van der Waals surface area contributed by atoms with Gasteiger partial charge in [0.05, 0.1) is 0 Å². The van der Waals surface area contributed by atoms with Crippen LogP contribution in [0.25, 0.3) is 0 Å². The Morgan fingerprint density at radius 2 is 1.34 bits per heavy atom. The molecule has 0 fully saturated rings. The zero-order valence-corrected chi connectivity index (χ0v) is 18.3. The first-order chi connectivity index (χ1) is 15.2. The number of nitrogens with one attached hydrogen (secondary N) is 2. The minimum absolute atomic E-state index is 0.102. The summed E-state index contributed by atoms with van der Waals surface area (Å²) in [5, 5.41) is 24.9. The fraction of sp³-hybridized carbons (Fsp3) is 0.375. The third-order valence-corrected chi connectivity index (χ3v) is 5.13. The number of carbonyl (C=O) groups is 3. The lowest BCUT2D eigenvalue weighted by atomic mass is 9.99. The first kappa shape index (κ1) is 25.0. The van der Waals surface area contributed by atoms with Crippen LogP contribution in [0.1, 0.15) is 25.0 Å². The molecular weight excluding hydrogens is 410 g/mol. The fourth-order valence-electron chi connectivity index (χ4n) is 3.28. The number of hydrogen-bond acceptors (Lipinski definition) is 5. The van der Waals surface area contributed by atoms with Crippen LogP contribution in [0.3, 0.4) is 0 Å². The van der Waals surface area contributed by atoms with Crippen molar-refractivity contribution in [2.45, 2.75) is 50.9 Å². The smallest absolute Gasteiger partial charge is 0.326 e. The quantitative estimate of drug-likeness (QED) is 0.350. The van der Waals surface area contributed by atoms with Crippen molar-refractivity contribution < 1.29 is 24.6 Å². The molecule has 0 aliphatic heterocycles. The zero-order chi connectivity index (χ0) is 23.7. The monoisotopic (exact) mass is 441 g/mol. The van der Waals surface area contributed by atoms with E-state index >= 15 is 0 Å². The van der Waals surface area contributed by atoms with Gasteiger partial charge in [0.2, 0.25) is 5.91 Å². The average Bonchev–Trinajstić information content (AvgIpc) is 2.77. The molecule has 0 aliphatic carbocycles. The van der Waals surface area contributed by atoms with E-state index in [0.29, 0.717) is 0 Å². The SMILES string of the molecule is CC(C)[C@H](NC(=O)C(O)C(N)Cc1ccccc1)C(=O)N[C@@H](Cc1ccccc1)C(=O)O. The molecular formula is C24H31N3O5. The van der Waals surface area contributed by atoms with Crippen molar-refractivity contribution >= 4 is 17.8 Å². The highest BCUT2D eigenvalue weighted by Gasteiger charge is 2.32. The van der Waals surface area contributed by atoms with Crippen molar-refractivity contribution in [3.8, 4) is 0 Å². The molecule has 172 valence electrons. The third kappa shape index (κ3) is 7.47. The Morgan fingerprint density at radius 1 is 0.844 bits per heavy atom. The number of amides is 2. The molecule has 2 aromatic rings. The first-order valence-electron chi connectivity index (χ1n) is 10.5. The van der Waals surface area contributed by atoms with Gasteiger partial charge in [0, 0.05) is 12.5 Å². The molecule has 2 aromatic carbocycles. The van der Waals surface area contributed by atoms with Crippen LogP contribution in [0.2, 0.25) is 0 Å². The molecule has 0 radical (unpaired) electrons. The summed E-state index contributed by atoms with van der Waals surface area (Å²) in [6.07, 6.45) is -1.14. The highest BCUT2D eigenvalue weighted by molar-refractivity contribution is 5.92. The van der Waals surface area contributed by atoms with Gasteiger partial charge in [-0.05, 0) is 23.5 Å². The van der Waals surface area contributed by atoms with Crippen LogP contribution in [-0.4, -0.2) is 52.2 Å². The number of aliphatic hydroxyl groups excluding tert-OH is 1. The summed E-state index contributed by atoms with van der Waals surface area (Å²) in [6.45, 7) is 3.43. The third-order valence-electron chi connectivity index (χ3n) is 5.13. The Labute approximate surface area is 187 Å². The summed E-state index contributed by atoms with van der Waals surface area (Å²) < 4.78 is 0. The van der Waals surface area contributed by atoms with E-state index in [0.717, 1.165) is 11.1 Å². The van der Waals surface area contributed by atoms with Gasteiger partial charge < -0.3 is 26.6 Å². The molecule has 0 spiro atoms. The Kier molecular flexibility index (Phi) is 9.37. The van der Waals surface area contributed by atoms with Gasteiger partial charge in [0.15, 0.2) is 0 Å². The molecule has 0 saturated carbocycles. The van der Waals surface area contributed by atoms with Crippen LogP contribution >= 0.6 is 0 Å². The molecule has 4 atom stereocenters. The summed E-state index contributed by atoms with van der Waals surface area (Å²) in [7, 11) is 0. The Morgan fingerprint density at radius 3 is 1.81 bits per heavy atom. The molecule has 2 rings (SSSR count). The van der Waals surface area contributed by atoms with Crippen LogP contribution in [0.15, 0.2) is 60.7 Å². The number of carboxylic acid groups (broad SMARTS) is 1. The number of hydrogen-bond donors (Lipinski definition) is 5. The molecule has 8 heteroatoms. The van der Waals surface area contributed by atoms with Gasteiger partial charge in [0.25, 0.3) is 5.91 Å². The van der Waals surface area contributed by atoms with Crippen LogP contribution in [0.4, 0.5) is 0 Å². The number of aliphatic carboxylic acids is 1. The van der Waals surface area contributed by atoms with E-state index in [4.69, 9.17) is 5.73 Å². The summed E-state index contributed by atoms with van der Waals surface area (Å²) in [4.78, 5) is 37.0. The van der Waals surface area contributed by atoms with Crippen molar-refractivity contribution in [3.63, 3.8) is 0 Å². The molecule has 0 heterocycles. The van der Waals surface area contributed by atoms with Gasteiger partial charge in [-0.2, -0.15) is 0 Å². The largest absolute Gasteiger partial charge is 0.480 e. The summed E-state index contributed by atoms with van der Waals surface area (Å²) in [5.74, 6) is -2.94. The molecule has 6 N–H and O–H groups in total. The van der Waals surface area contributed by atoms with E-state index < -0.39 is 42.0 Å². The molecule has 8 nitrogen and oxygen atoms in total. The van der Waals surface area contributed by atoms with E-state index in [9.17, 15) is 24.6 Å². The van der Waals surface area contributed by atoms with Gasteiger partial charge in [-0.15, -0.1) is 0 Å². The topological polar surface area (TPSA) is 142 Å². The summed E-state index contributed by atoms with van der Waals surface area (Å²) in [6, 6.07) is 15.1. The lowest BCUT2D eigenvalue weighted by Gasteiger charge is -2.26. The predicted molar refractivity (Wildman–Crippen MR) is 121 cm³/mol. The molecule has 0 aliphatic rings. The van der Waals surface area contributed by atoms with E-state index in [2.05, 4.69) is 10.6 Å². The molecule has 2 unspecified atom stereocenters. The average molecular weight is 442 g/mol.